The van der Waals surface area contributed by atoms with Gasteiger partial charge in [0.1, 0.15) is 11.5 Å². The van der Waals surface area contributed by atoms with Crippen molar-refractivity contribution in [1.29, 1.82) is 0 Å². The Bertz CT molecular complexity index is 1410. The minimum absolute atomic E-state index is 0.326. The average Bonchev–Trinajstić information content (AvgIpc) is 3.23. The molecule has 5 nitrogen and oxygen atoms in total. The average molecular weight is 429 g/mol. The monoisotopic (exact) mass is 428 g/mol. The molecule has 0 N–H and O–H groups in total. The Morgan fingerprint density at radius 3 is 2.45 bits per heavy atom. The summed E-state index contributed by atoms with van der Waals surface area (Å²) in [5.74, 6) is 0.161. The zero-order valence-electron chi connectivity index (χ0n) is 16.0. The molecule has 0 aliphatic carbocycles. The third kappa shape index (κ3) is 3.58. The first-order valence-electron chi connectivity index (χ1n) is 9.45. The van der Waals surface area contributed by atoms with E-state index in [0.717, 1.165) is 28.4 Å². The summed E-state index contributed by atoms with van der Waals surface area (Å²) in [5.41, 5.74) is 3.73. The van der Waals surface area contributed by atoms with Crippen LogP contribution in [0.2, 0.25) is 5.02 Å². The molecule has 0 aliphatic rings. The largest absolute Gasteiger partial charge is 0.298 e. The molecule has 0 radical (unpaired) electrons. The molecule has 7 heteroatoms. The Kier molecular flexibility index (Phi) is 4.76. The lowest BCUT2D eigenvalue weighted by molar-refractivity contribution is 0.112. The molecule has 0 amide bonds. The van der Waals surface area contributed by atoms with Crippen molar-refractivity contribution >= 4 is 28.9 Å². The molecule has 0 saturated heterocycles. The maximum absolute atomic E-state index is 13.5. The van der Waals surface area contributed by atoms with Crippen molar-refractivity contribution in [1.82, 2.24) is 19.7 Å². The number of nitrogens with zero attached hydrogens (tertiary/aromatic N) is 4. The SMILES string of the molecule is O=Cc1cn(-c2nc3ncccc3cc2-c2ccc(F)cc2)nc1-c1ccc(Cl)cc1. The number of rotatable bonds is 4. The highest BCUT2D eigenvalue weighted by molar-refractivity contribution is 6.30. The maximum Gasteiger partial charge on any atom is 0.163 e. The van der Waals surface area contributed by atoms with E-state index in [1.54, 1.807) is 53.5 Å². The molecular formula is C24H14ClFN4O. The van der Waals surface area contributed by atoms with Gasteiger partial charge in [-0.3, -0.25) is 4.79 Å². The lowest BCUT2D eigenvalue weighted by atomic mass is 10.0. The van der Waals surface area contributed by atoms with Crippen LogP contribution < -0.4 is 0 Å². The number of aldehydes is 1. The third-order valence-corrected chi connectivity index (χ3v) is 5.18. The van der Waals surface area contributed by atoms with Gasteiger partial charge in [-0.25, -0.2) is 19.0 Å². The van der Waals surface area contributed by atoms with Crippen LogP contribution in [-0.4, -0.2) is 26.0 Å². The van der Waals surface area contributed by atoms with Crippen molar-refractivity contribution in [3.05, 3.63) is 95.5 Å². The van der Waals surface area contributed by atoms with E-state index in [9.17, 15) is 9.18 Å². The van der Waals surface area contributed by atoms with E-state index in [1.165, 1.54) is 12.1 Å². The number of hydrogen-bond acceptors (Lipinski definition) is 4. The van der Waals surface area contributed by atoms with Crippen LogP contribution in [-0.2, 0) is 0 Å². The van der Waals surface area contributed by atoms with Gasteiger partial charge in [-0.2, -0.15) is 5.10 Å². The van der Waals surface area contributed by atoms with Crippen LogP contribution in [0.1, 0.15) is 10.4 Å². The standard InChI is InChI=1S/C24H14ClFN4O/c25-19-7-3-16(4-8-19)22-18(14-31)13-30(29-22)24-21(15-5-9-20(26)10-6-15)12-17-2-1-11-27-23(17)28-24/h1-14H. The quantitative estimate of drug-likeness (QED) is 0.342. The van der Waals surface area contributed by atoms with E-state index in [-0.39, 0.29) is 5.82 Å². The van der Waals surface area contributed by atoms with Gasteiger partial charge in [0.15, 0.2) is 17.8 Å². The highest BCUT2D eigenvalue weighted by atomic mass is 35.5. The summed E-state index contributed by atoms with van der Waals surface area (Å²) in [6.07, 6.45) is 4.04. The zero-order chi connectivity index (χ0) is 21.4. The first-order valence-corrected chi connectivity index (χ1v) is 9.83. The second kappa shape index (κ2) is 7.74. The van der Waals surface area contributed by atoms with Gasteiger partial charge in [-0.1, -0.05) is 35.9 Å². The summed E-state index contributed by atoms with van der Waals surface area (Å²) < 4.78 is 15.1. The van der Waals surface area contributed by atoms with Crippen LogP contribution in [0.3, 0.4) is 0 Å². The third-order valence-electron chi connectivity index (χ3n) is 4.93. The van der Waals surface area contributed by atoms with Gasteiger partial charge in [0, 0.05) is 33.9 Å². The van der Waals surface area contributed by atoms with Gasteiger partial charge in [0.05, 0.1) is 5.56 Å². The molecule has 0 fully saturated rings. The Balaban J connectivity index is 1.74. The fraction of sp³-hybridized carbons (Fsp3) is 0. The number of benzene rings is 2. The molecule has 0 spiro atoms. The topological polar surface area (TPSA) is 60.7 Å². The molecule has 5 aromatic rings. The summed E-state index contributed by atoms with van der Waals surface area (Å²) in [7, 11) is 0. The molecule has 0 aliphatic heterocycles. The highest BCUT2D eigenvalue weighted by Gasteiger charge is 2.17. The van der Waals surface area contributed by atoms with Crippen molar-refractivity contribution in [2.75, 3.05) is 0 Å². The van der Waals surface area contributed by atoms with Gasteiger partial charge in [-0.15, -0.1) is 0 Å². The molecule has 31 heavy (non-hydrogen) atoms. The van der Waals surface area contributed by atoms with Gasteiger partial charge < -0.3 is 0 Å². The second-order valence-electron chi connectivity index (χ2n) is 6.92. The van der Waals surface area contributed by atoms with Crippen molar-refractivity contribution < 1.29 is 9.18 Å². The van der Waals surface area contributed by atoms with E-state index >= 15 is 0 Å². The summed E-state index contributed by atoms with van der Waals surface area (Å²) >= 11 is 5.99. The molecular weight excluding hydrogens is 415 g/mol. The van der Waals surface area contributed by atoms with E-state index in [2.05, 4.69) is 10.1 Å². The van der Waals surface area contributed by atoms with Gasteiger partial charge >= 0.3 is 0 Å². The Morgan fingerprint density at radius 1 is 0.968 bits per heavy atom. The van der Waals surface area contributed by atoms with Crippen molar-refractivity contribution in [2.45, 2.75) is 0 Å². The number of fused-ring (bicyclic) bond motifs is 1. The molecule has 5 rings (SSSR count). The fourth-order valence-electron chi connectivity index (χ4n) is 3.43. The minimum Gasteiger partial charge on any atom is -0.298 e. The fourth-order valence-corrected chi connectivity index (χ4v) is 3.55. The summed E-state index contributed by atoms with van der Waals surface area (Å²) in [6, 6.07) is 18.9. The van der Waals surface area contributed by atoms with E-state index in [1.807, 2.05) is 18.2 Å². The molecule has 0 bridgehead atoms. The van der Waals surface area contributed by atoms with Crippen LogP contribution in [0, 0.1) is 5.82 Å². The number of hydrogen-bond donors (Lipinski definition) is 0. The molecule has 0 atom stereocenters. The molecule has 3 aromatic heterocycles. The molecule has 3 heterocycles. The van der Waals surface area contributed by atoms with Crippen LogP contribution in [0.25, 0.3) is 39.2 Å². The minimum atomic E-state index is -0.326. The number of carbonyl (C=O) groups excluding carboxylic acids is 1. The number of aromatic nitrogens is 4. The van der Waals surface area contributed by atoms with E-state index in [4.69, 9.17) is 16.6 Å². The highest BCUT2D eigenvalue weighted by Crippen LogP contribution is 2.30. The Labute approximate surface area is 181 Å². The number of carbonyl (C=O) groups is 1. The van der Waals surface area contributed by atoms with Gasteiger partial charge in [0.25, 0.3) is 0 Å². The zero-order valence-corrected chi connectivity index (χ0v) is 16.8. The number of pyridine rings is 2. The first-order chi connectivity index (χ1) is 15.1. The van der Waals surface area contributed by atoms with Crippen LogP contribution in [0.5, 0.6) is 0 Å². The normalized spacial score (nSPS) is 11.0. The summed E-state index contributed by atoms with van der Waals surface area (Å²) in [5, 5.41) is 6.07. The number of halogens is 2. The lowest BCUT2D eigenvalue weighted by Crippen LogP contribution is -2.03. The van der Waals surface area contributed by atoms with Crippen LogP contribution in [0.15, 0.2) is 79.1 Å². The molecule has 2 aromatic carbocycles. The van der Waals surface area contributed by atoms with Crippen LogP contribution >= 0.6 is 11.6 Å². The summed E-state index contributed by atoms with van der Waals surface area (Å²) in [6.45, 7) is 0. The maximum atomic E-state index is 13.5. The molecule has 150 valence electrons. The lowest BCUT2D eigenvalue weighted by Gasteiger charge is -2.11. The van der Waals surface area contributed by atoms with Crippen LogP contribution in [0.4, 0.5) is 4.39 Å². The van der Waals surface area contributed by atoms with Crippen molar-refractivity contribution in [2.24, 2.45) is 0 Å². The van der Waals surface area contributed by atoms with Crippen molar-refractivity contribution in [3.63, 3.8) is 0 Å². The van der Waals surface area contributed by atoms with Gasteiger partial charge in [0.2, 0.25) is 0 Å². The molecule has 0 unspecified atom stereocenters. The molecule has 0 saturated carbocycles. The van der Waals surface area contributed by atoms with Gasteiger partial charge in [-0.05, 0) is 48.0 Å². The van der Waals surface area contributed by atoms with E-state index in [0.29, 0.717) is 27.7 Å². The summed E-state index contributed by atoms with van der Waals surface area (Å²) in [4.78, 5) is 20.8. The Hall–Kier alpha value is -3.90. The predicted molar refractivity (Wildman–Crippen MR) is 118 cm³/mol. The predicted octanol–water partition coefficient (Wildman–Crippen LogP) is 5.75. The van der Waals surface area contributed by atoms with Crippen molar-refractivity contribution in [3.8, 4) is 28.2 Å². The van der Waals surface area contributed by atoms with E-state index < -0.39 is 0 Å². The Morgan fingerprint density at radius 2 is 1.71 bits per heavy atom. The smallest absolute Gasteiger partial charge is 0.163 e. The second-order valence-corrected chi connectivity index (χ2v) is 7.36. The first kappa shape index (κ1) is 19.1.